The van der Waals surface area contributed by atoms with E-state index >= 15 is 0 Å². The molecule has 0 amide bonds. The molecular weight excluding hydrogens is 309 g/mol. The minimum Gasteiger partial charge on any atom is -0.396 e. The number of nitrogen functional groups attached to an aromatic ring is 1. The van der Waals surface area contributed by atoms with Crippen LogP contribution in [0.1, 0.15) is 11.5 Å². The van der Waals surface area contributed by atoms with E-state index in [1.165, 1.54) is 0 Å². The predicted octanol–water partition coefficient (Wildman–Crippen LogP) is 1.84. The summed E-state index contributed by atoms with van der Waals surface area (Å²) in [5, 5.41) is 3.64. The first-order valence-electron chi connectivity index (χ1n) is 5.46. The Kier molecular flexibility index (Phi) is 3.98. The van der Waals surface area contributed by atoms with Crippen LogP contribution < -0.4 is 10.5 Å². The fraction of sp³-hybridized carbons (Fsp3) is 0.182. The number of nitrogens with two attached hydrogens (primary N) is 1. The van der Waals surface area contributed by atoms with Gasteiger partial charge in [0, 0.05) is 11.1 Å². The molecule has 0 radical (unpaired) electrons. The summed E-state index contributed by atoms with van der Waals surface area (Å²) in [6.07, 6.45) is 0. The SMILES string of the molecule is Cc1cc(CNS(=O)(=O)c2cc(Cl)cc(N)c2F)on1. The lowest BCUT2D eigenvalue weighted by Crippen LogP contribution is -2.24. The lowest BCUT2D eigenvalue weighted by Gasteiger charge is -2.08. The molecule has 6 nitrogen and oxygen atoms in total. The Hall–Kier alpha value is -1.64. The largest absolute Gasteiger partial charge is 0.396 e. The van der Waals surface area contributed by atoms with Gasteiger partial charge in [0.1, 0.15) is 4.90 Å². The molecule has 0 atom stereocenters. The maximum absolute atomic E-state index is 13.8. The Labute approximate surface area is 119 Å². The smallest absolute Gasteiger partial charge is 0.244 e. The molecule has 3 N–H and O–H groups in total. The number of sulfonamides is 1. The standard InChI is InChI=1S/C11H11ClFN3O3S/c1-6-2-8(19-16-6)5-15-20(17,18)10-4-7(12)3-9(14)11(10)13/h2-4,15H,5,14H2,1H3. The first kappa shape index (κ1) is 14.8. The molecule has 20 heavy (non-hydrogen) atoms. The number of aryl methyl sites for hydroxylation is 1. The Morgan fingerprint density at radius 2 is 2.15 bits per heavy atom. The molecule has 0 saturated carbocycles. The van der Waals surface area contributed by atoms with Gasteiger partial charge in [-0.15, -0.1) is 0 Å². The number of nitrogens with one attached hydrogen (secondary N) is 1. The Morgan fingerprint density at radius 3 is 2.75 bits per heavy atom. The van der Waals surface area contributed by atoms with E-state index in [-0.39, 0.29) is 17.3 Å². The first-order valence-corrected chi connectivity index (χ1v) is 7.32. The Balaban J connectivity index is 2.27. The normalized spacial score (nSPS) is 11.8. The van der Waals surface area contributed by atoms with Crippen molar-refractivity contribution in [3.63, 3.8) is 0 Å². The minimum atomic E-state index is -4.10. The summed E-state index contributed by atoms with van der Waals surface area (Å²) in [6.45, 7) is 1.54. The molecule has 0 aliphatic rings. The Bertz CT molecular complexity index is 745. The van der Waals surface area contributed by atoms with Gasteiger partial charge in [-0.05, 0) is 19.1 Å². The highest BCUT2D eigenvalue weighted by atomic mass is 35.5. The van der Waals surface area contributed by atoms with Crippen molar-refractivity contribution >= 4 is 27.3 Å². The van der Waals surface area contributed by atoms with Crippen LogP contribution in [-0.4, -0.2) is 13.6 Å². The van der Waals surface area contributed by atoms with Gasteiger partial charge in [-0.2, -0.15) is 0 Å². The van der Waals surface area contributed by atoms with Crippen molar-refractivity contribution in [3.05, 3.63) is 40.5 Å². The quantitative estimate of drug-likeness (QED) is 0.838. The minimum absolute atomic E-state index is 0.0276. The van der Waals surface area contributed by atoms with Crippen molar-refractivity contribution in [2.45, 2.75) is 18.4 Å². The third-order valence-electron chi connectivity index (χ3n) is 2.43. The number of hydrogen-bond donors (Lipinski definition) is 2. The van der Waals surface area contributed by atoms with Crippen LogP contribution in [0.5, 0.6) is 0 Å². The highest BCUT2D eigenvalue weighted by Crippen LogP contribution is 2.25. The van der Waals surface area contributed by atoms with E-state index in [1.54, 1.807) is 13.0 Å². The molecule has 1 aromatic carbocycles. The molecule has 2 rings (SSSR count). The number of benzene rings is 1. The molecule has 0 spiro atoms. The molecule has 0 fully saturated rings. The zero-order chi connectivity index (χ0) is 14.9. The lowest BCUT2D eigenvalue weighted by molar-refractivity contribution is 0.377. The van der Waals surface area contributed by atoms with Crippen LogP contribution in [0.15, 0.2) is 27.6 Å². The predicted molar refractivity (Wildman–Crippen MR) is 71.1 cm³/mol. The number of nitrogens with zero attached hydrogens (tertiary/aromatic N) is 1. The fourth-order valence-corrected chi connectivity index (χ4v) is 2.94. The van der Waals surface area contributed by atoms with E-state index in [2.05, 4.69) is 9.88 Å². The second kappa shape index (κ2) is 5.39. The van der Waals surface area contributed by atoms with Crippen molar-refractivity contribution in [2.24, 2.45) is 0 Å². The van der Waals surface area contributed by atoms with Gasteiger partial charge in [0.2, 0.25) is 10.0 Å². The summed E-state index contributed by atoms with van der Waals surface area (Å²) < 4.78 is 44.8. The second-order valence-corrected chi connectivity index (χ2v) is 6.24. The van der Waals surface area contributed by atoms with Gasteiger partial charge in [-0.25, -0.2) is 17.5 Å². The number of anilines is 1. The third-order valence-corrected chi connectivity index (χ3v) is 4.05. The molecule has 1 aromatic heterocycles. The van der Waals surface area contributed by atoms with Gasteiger partial charge < -0.3 is 10.3 Å². The second-order valence-electron chi connectivity index (χ2n) is 4.07. The molecule has 0 aliphatic carbocycles. The molecule has 2 aromatic rings. The van der Waals surface area contributed by atoms with Crippen molar-refractivity contribution < 1.29 is 17.3 Å². The number of aromatic nitrogens is 1. The van der Waals surface area contributed by atoms with Gasteiger partial charge in [0.15, 0.2) is 11.6 Å². The summed E-state index contributed by atoms with van der Waals surface area (Å²) in [4.78, 5) is -0.612. The zero-order valence-electron chi connectivity index (χ0n) is 10.4. The van der Waals surface area contributed by atoms with Crippen LogP contribution in [0, 0.1) is 12.7 Å². The van der Waals surface area contributed by atoms with Gasteiger partial charge >= 0.3 is 0 Å². The molecular formula is C11H11ClFN3O3S. The topological polar surface area (TPSA) is 98.2 Å². The maximum atomic E-state index is 13.8. The maximum Gasteiger partial charge on any atom is 0.244 e. The van der Waals surface area contributed by atoms with E-state index < -0.39 is 20.7 Å². The molecule has 1 heterocycles. The van der Waals surface area contributed by atoms with Crippen molar-refractivity contribution in [2.75, 3.05) is 5.73 Å². The van der Waals surface area contributed by atoms with Crippen molar-refractivity contribution in [1.29, 1.82) is 0 Å². The average molecular weight is 320 g/mol. The van der Waals surface area contributed by atoms with Crippen LogP contribution in [0.3, 0.4) is 0 Å². The fourth-order valence-electron chi connectivity index (χ4n) is 1.52. The van der Waals surface area contributed by atoms with Crippen molar-refractivity contribution in [1.82, 2.24) is 9.88 Å². The first-order chi connectivity index (χ1) is 9.29. The van der Waals surface area contributed by atoms with Crippen LogP contribution in [0.2, 0.25) is 5.02 Å². The molecule has 9 heteroatoms. The monoisotopic (exact) mass is 319 g/mol. The van der Waals surface area contributed by atoms with Crippen LogP contribution in [0.25, 0.3) is 0 Å². The highest BCUT2D eigenvalue weighted by molar-refractivity contribution is 7.89. The summed E-state index contributed by atoms with van der Waals surface area (Å²) in [5.41, 5.74) is 5.62. The molecule has 0 saturated heterocycles. The van der Waals surface area contributed by atoms with E-state index in [9.17, 15) is 12.8 Å². The van der Waals surface area contributed by atoms with Crippen LogP contribution >= 0.6 is 11.6 Å². The Morgan fingerprint density at radius 1 is 1.45 bits per heavy atom. The summed E-state index contributed by atoms with van der Waals surface area (Å²) in [5.74, 6) is -0.739. The van der Waals surface area contributed by atoms with Gasteiger partial charge in [-0.1, -0.05) is 16.8 Å². The van der Waals surface area contributed by atoms with E-state index in [1.807, 2.05) is 0 Å². The molecule has 108 valence electrons. The number of rotatable bonds is 4. The van der Waals surface area contributed by atoms with Crippen LogP contribution in [-0.2, 0) is 16.6 Å². The molecule has 0 aliphatic heterocycles. The van der Waals surface area contributed by atoms with E-state index in [0.29, 0.717) is 11.5 Å². The molecule has 0 unspecified atom stereocenters. The van der Waals surface area contributed by atoms with E-state index in [4.69, 9.17) is 21.9 Å². The average Bonchev–Trinajstić information content (AvgIpc) is 2.77. The van der Waals surface area contributed by atoms with E-state index in [0.717, 1.165) is 12.1 Å². The molecule has 0 bridgehead atoms. The van der Waals surface area contributed by atoms with Gasteiger partial charge in [0.05, 0.1) is 17.9 Å². The third kappa shape index (κ3) is 3.09. The summed E-state index contributed by atoms with van der Waals surface area (Å²) >= 11 is 5.68. The zero-order valence-corrected chi connectivity index (χ0v) is 11.9. The number of hydrogen-bond acceptors (Lipinski definition) is 5. The number of halogens is 2. The van der Waals surface area contributed by atoms with Gasteiger partial charge in [-0.3, -0.25) is 0 Å². The lowest BCUT2D eigenvalue weighted by atomic mass is 10.3. The summed E-state index contributed by atoms with van der Waals surface area (Å²) in [7, 11) is -4.10. The van der Waals surface area contributed by atoms with Crippen LogP contribution in [0.4, 0.5) is 10.1 Å². The highest BCUT2D eigenvalue weighted by Gasteiger charge is 2.22. The van der Waals surface area contributed by atoms with Gasteiger partial charge in [0.25, 0.3) is 0 Å². The van der Waals surface area contributed by atoms with Crippen molar-refractivity contribution in [3.8, 4) is 0 Å². The summed E-state index contributed by atoms with van der Waals surface area (Å²) in [6, 6.07) is 3.68.